The van der Waals surface area contributed by atoms with Gasteiger partial charge in [-0.2, -0.15) is 5.10 Å². The molecule has 0 amide bonds. The van der Waals surface area contributed by atoms with Gasteiger partial charge in [-0.05, 0) is 44.2 Å². The van der Waals surface area contributed by atoms with E-state index in [1.165, 1.54) is 18.3 Å². The second-order valence-corrected chi connectivity index (χ2v) is 6.63. The van der Waals surface area contributed by atoms with Crippen molar-refractivity contribution in [2.45, 2.75) is 13.8 Å². The molecule has 0 bridgehead atoms. The number of nitrogens with one attached hydrogen (secondary N) is 1. The molecule has 0 atom stereocenters. The third-order valence-corrected chi connectivity index (χ3v) is 4.52. The van der Waals surface area contributed by atoms with Crippen molar-refractivity contribution in [2.24, 2.45) is 5.10 Å². The number of rotatable bonds is 5. The first-order valence-corrected chi connectivity index (χ1v) is 8.66. The van der Waals surface area contributed by atoms with Crippen LogP contribution < -0.4 is 5.43 Å². The molecule has 27 heavy (non-hydrogen) atoms. The van der Waals surface area contributed by atoms with Crippen LogP contribution in [0.4, 0.5) is 11.5 Å². The minimum absolute atomic E-state index is 0.0773. The number of anilines is 1. The first-order chi connectivity index (χ1) is 12.9. The molecule has 0 fully saturated rings. The van der Waals surface area contributed by atoms with Crippen LogP contribution in [0.2, 0.25) is 10.0 Å². The number of nitrogens with zero attached hydrogens (tertiary/aromatic N) is 4. The zero-order valence-corrected chi connectivity index (χ0v) is 16.0. The Labute approximate surface area is 165 Å². The van der Waals surface area contributed by atoms with Gasteiger partial charge in [-0.25, -0.2) is 4.98 Å². The zero-order valence-electron chi connectivity index (χ0n) is 14.5. The summed E-state index contributed by atoms with van der Waals surface area (Å²) < 4.78 is 2.00. The average molecular weight is 404 g/mol. The number of hydrazone groups is 1. The maximum atomic E-state index is 10.6. The molecule has 138 valence electrons. The second-order valence-electron chi connectivity index (χ2n) is 5.79. The van der Waals surface area contributed by atoms with Gasteiger partial charge in [0.15, 0.2) is 0 Å². The zero-order chi connectivity index (χ0) is 19.6. The van der Waals surface area contributed by atoms with E-state index in [0.717, 1.165) is 22.6 Å². The summed E-state index contributed by atoms with van der Waals surface area (Å²) in [5.74, 6) is 0.406. The van der Waals surface area contributed by atoms with Crippen LogP contribution in [0.3, 0.4) is 0 Å². The van der Waals surface area contributed by atoms with Crippen LogP contribution in [-0.4, -0.2) is 20.7 Å². The van der Waals surface area contributed by atoms with Crippen LogP contribution in [-0.2, 0) is 0 Å². The van der Waals surface area contributed by atoms with Crippen molar-refractivity contribution in [1.29, 1.82) is 0 Å². The van der Waals surface area contributed by atoms with E-state index < -0.39 is 4.92 Å². The van der Waals surface area contributed by atoms with Crippen molar-refractivity contribution in [3.05, 3.63) is 79.7 Å². The van der Waals surface area contributed by atoms with Crippen LogP contribution in [0.25, 0.3) is 5.69 Å². The lowest BCUT2D eigenvalue weighted by molar-refractivity contribution is -0.385. The van der Waals surface area contributed by atoms with E-state index >= 15 is 0 Å². The highest BCUT2D eigenvalue weighted by Gasteiger charge is 2.12. The Balaban J connectivity index is 1.83. The van der Waals surface area contributed by atoms with Crippen molar-refractivity contribution in [3.63, 3.8) is 0 Å². The highest BCUT2D eigenvalue weighted by atomic mass is 35.5. The van der Waals surface area contributed by atoms with E-state index in [2.05, 4.69) is 15.5 Å². The van der Waals surface area contributed by atoms with E-state index in [1.807, 2.05) is 30.5 Å². The molecule has 2 heterocycles. The predicted octanol–water partition coefficient (Wildman–Crippen LogP) is 5.15. The Hall–Kier alpha value is -2.90. The van der Waals surface area contributed by atoms with Crippen LogP contribution in [0, 0.1) is 24.0 Å². The molecule has 0 unspecified atom stereocenters. The molecule has 2 aromatic heterocycles. The summed E-state index contributed by atoms with van der Waals surface area (Å²) in [5, 5.41) is 16.0. The first-order valence-electron chi connectivity index (χ1n) is 7.90. The van der Waals surface area contributed by atoms with Crippen LogP contribution in [0.15, 0.2) is 47.7 Å². The summed E-state index contributed by atoms with van der Waals surface area (Å²) in [6, 6.07) is 10.1. The molecule has 3 aromatic rings. The van der Waals surface area contributed by atoms with Gasteiger partial charge in [0.25, 0.3) is 5.69 Å². The molecule has 0 spiro atoms. The van der Waals surface area contributed by atoms with Gasteiger partial charge in [0.2, 0.25) is 0 Å². The van der Waals surface area contributed by atoms with E-state index in [1.54, 1.807) is 18.3 Å². The summed E-state index contributed by atoms with van der Waals surface area (Å²) in [4.78, 5) is 14.1. The number of aromatic nitrogens is 2. The lowest BCUT2D eigenvalue weighted by atomic mass is 10.2. The molecular formula is C18H15Cl2N5O2. The summed E-state index contributed by atoms with van der Waals surface area (Å²) in [7, 11) is 0. The van der Waals surface area contributed by atoms with Crippen LogP contribution in [0.5, 0.6) is 0 Å². The molecule has 1 N–H and O–H groups in total. The van der Waals surface area contributed by atoms with Gasteiger partial charge in [-0.1, -0.05) is 23.2 Å². The Morgan fingerprint density at radius 1 is 1.22 bits per heavy atom. The molecule has 0 saturated carbocycles. The molecule has 9 heteroatoms. The molecule has 0 aliphatic carbocycles. The van der Waals surface area contributed by atoms with E-state index in [0.29, 0.717) is 15.9 Å². The Morgan fingerprint density at radius 2 is 2.00 bits per heavy atom. The van der Waals surface area contributed by atoms with Gasteiger partial charge >= 0.3 is 0 Å². The number of halogens is 2. The van der Waals surface area contributed by atoms with Gasteiger partial charge in [0.05, 0.1) is 21.8 Å². The normalized spacial score (nSPS) is 11.1. The van der Waals surface area contributed by atoms with Crippen LogP contribution >= 0.6 is 23.2 Å². The highest BCUT2D eigenvalue weighted by molar-refractivity contribution is 6.34. The standard InChI is InChI=1S/C18H15Cl2N5O2/c1-11-7-13(9-22-23-18-6-4-15(10-21-18)25(26)27)12(2)24(11)17-8-14(19)3-5-16(17)20/h3-10H,1-2H3,(H,21,23)/b22-9+. The lowest BCUT2D eigenvalue weighted by Gasteiger charge is -2.12. The van der Waals surface area contributed by atoms with E-state index in [-0.39, 0.29) is 5.69 Å². The monoisotopic (exact) mass is 403 g/mol. The number of nitro groups is 1. The maximum absolute atomic E-state index is 10.6. The molecule has 0 radical (unpaired) electrons. The van der Waals surface area contributed by atoms with Gasteiger partial charge in [0.1, 0.15) is 12.0 Å². The van der Waals surface area contributed by atoms with Gasteiger partial charge in [-0.15, -0.1) is 0 Å². The predicted molar refractivity (Wildman–Crippen MR) is 107 cm³/mol. The summed E-state index contributed by atoms with van der Waals surface area (Å²) in [6.45, 7) is 3.92. The quantitative estimate of drug-likeness (QED) is 0.362. The number of aryl methyl sites for hydroxylation is 1. The van der Waals surface area contributed by atoms with Gasteiger partial charge < -0.3 is 4.57 Å². The minimum atomic E-state index is -0.504. The number of pyridine rings is 1. The van der Waals surface area contributed by atoms with Gasteiger partial charge in [0, 0.05) is 28.0 Å². The molecule has 0 aliphatic rings. The molecule has 0 aliphatic heterocycles. The second kappa shape index (κ2) is 7.77. The first kappa shape index (κ1) is 18.9. The van der Waals surface area contributed by atoms with Crippen LogP contribution in [0.1, 0.15) is 17.0 Å². The third-order valence-electron chi connectivity index (χ3n) is 3.96. The highest BCUT2D eigenvalue weighted by Crippen LogP contribution is 2.28. The smallest absolute Gasteiger partial charge is 0.287 e. The summed E-state index contributed by atoms with van der Waals surface area (Å²) in [5.41, 5.74) is 6.28. The van der Waals surface area contributed by atoms with E-state index in [9.17, 15) is 10.1 Å². The average Bonchev–Trinajstić information content (AvgIpc) is 2.91. The summed E-state index contributed by atoms with van der Waals surface area (Å²) in [6.07, 6.45) is 2.82. The lowest BCUT2D eigenvalue weighted by Crippen LogP contribution is -2.01. The maximum Gasteiger partial charge on any atom is 0.287 e. The fraction of sp³-hybridized carbons (Fsp3) is 0.111. The Kier molecular flexibility index (Phi) is 5.43. The number of hydrogen-bond acceptors (Lipinski definition) is 5. The van der Waals surface area contributed by atoms with Crippen molar-refractivity contribution >= 4 is 40.9 Å². The van der Waals surface area contributed by atoms with Crippen molar-refractivity contribution in [1.82, 2.24) is 9.55 Å². The fourth-order valence-corrected chi connectivity index (χ4v) is 3.04. The molecular weight excluding hydrogens is 389 g/mol. The molecule has 0 saturated heterocycles. The fourth-order valence-electron chi connectivity index (χ4n) is 2.67. The topological polar surface area (TPSA) is 85.3 Å². The van der Waals surface area contributed by atoms with Crippen molar-refractivity contribution in [3.8, 4) is 5.69 Å². The molecule has 7 nitrogen and oxygen atoms in total. The Bertz CT molecular complexity index is 1030. The number of hydrogen-bond donors (Lipinski definition) is 1. The largest absolute Gasteiger partial charge is 0.316 e. The van der Waals surface area contributed by atoms with E-state index in [4.69, 9.17) is 23.2 Å². The number of benzene rings is 1. The third kappa shape index (κ3) is 4.10. The molecule has 1 aromatic carbocycles. The van der Waals surface area contributed by atoms with Crippen molar-refractivity contribution < 1.29 is 4.92 Å². The van der Waals surface area contributed by atoms with Crippen molar-refractivity contribution in [2.75, 3.05) is 5.43 Å². The SMILES string of the molecule is Cc1cc(/C=N/Nc2ccc([N+](=O)[O-])cn2)c(C)n1-c1cc(Cl)ccc1Cl. The van der Waals surface area contributed by atoms with Gasteiger partial charge in [-0.3, -0.25) is 15.5 Å². The summed E-state index contributed by atoms with van der Waals surface area (Å²) >= 11 is 12.4. The Morgan fingerprint density at radius 3 is 2.67 bits per heavy atom. The molecule has 3 rings (SSSR count). The minimum Gasteiger partial charge on any atom is -0.316 e.